The van der Waals surface area contributed by atoms with Crippen LogP contribution in [0.2, 0.25) is 0 Å². The standard InChI is InChI=1S/C17H17ClF3N3O4S/c18-15(19)17(20,21)28-11-3-1-10(2-4-11)22-13(25)9-12-14(26)23-16(29-12)24-5-7-27-8-6-24/h1-4,12,15H,5-9H2,(H,22,25). The first kappa shape index (κ1) is 21.7. The lowest BCUT2D eigenvalue weighted by Crippen LogP contribution is -2.39. The molecule has 1 fully saturated rings. The molecule has 7 nitrogen and oxygen atoms in total. The van der Waals surface area contributed by atoms with Crippen molar-refractivity contribution in [2.75, 3.05) is 31.6 Å². The maximum atomic E-state index is 13.1. The Morgan fingerprint density at radius 2 is 2.03 bits per heavy atom. The lowest BCUT2D eigenvalue weighted by atomic mass is 10.2. The Labute approximate surface area is 173 Å². The van der Waals surface area contributed by atoms with Crippen LogP contribution in [0, 0.1) is 0 Å². The fourth-order valence-electron chi connectivity index (χ4n) is 2.59. The van der Waals surface area contributed by atoms with Gasteiger partial charge in [-0.15, -0.1) is 0 Å². The molecule has 0 aliphatic carbocycles. The number of thioether (sulfide) groups is 1. The van der Waals surface area contributed by atoms with Crippen LogP contribution in [-0.2, 0) is 14.3 Å². The van der Waals surface area contributed by atoms with Gasteiger partial charge in [-0.3, -0.25) is 9.59 Å². The molecule has 2 amide bonds. The average Bonchev–Trinajstić information content (AvgIpc) is 3.04. The molecular weight excluding hydrogens is 435 g/mol. The van der Waals surface area contributed by atoms with E-state index >= 15 is 0 Å². The number of benzene rings is 1. The topological polar surface area (TPSA) is 80.2 Å². The fourth-order valence-corrected chi connectivity index (χ4v) is 3.75. The fraction of sp³-hybridized carbons (Fsp3) is 0.471. The number of aliphatic imine (C=N–C) groups is 1. The zero-order valence-electron chi connectivity index (χ0n) is 14.9. The lowest BCUT2D eigenvalue weighted by Gasteiger charge is -2.27. The molecule has 29 heavy (non-hydrogen) atoms. The summed E-state index contributed by atoms with van der Waals surface area (Å²) >= 11 is 5.96. The SMILES string of the molecule is O=C(CC1SC(N2CCOCC2)=NC1=O)Nc1ccc(OC(F)(F)C(F)Cl)cc1. The first-order chi connectivity index (χ1) is 13.7. The van der Waals surface area contributed by atoms with Crippen molar-refractivity contribution in [3.05, 3.63) is 24.3 Å². The van der Waals surface area contributed by atoms with E-state index in [4.69, 9.17) is 16.3 Å². The maximum Gasteiger partial charge on any atom is 0.444 e. The molecule has 3 rings (SSSR count). The predicted molar refractivity (Wildman–Crippen MR) is 102 cm³/mol. The van der Waals surface area contributed by atoms with E-state index in [1.807, 2.05) is 4.90 Å². The van der Waals surface area contributed by atoms with E-state index in [1.165, 1.54) is 23.9 Å². The molecule has 2 aliphatic rings. The summed E-state index contributed by atoms with van der Waals surface area (Å²) in [5, 5.41) is 2.53. The number of alkyl halides is 4. The van der Waals surface area contributed by atoms with E-state index in [0.29, 0.717) is 37.2 Å². The number of hydrogen-bond acceptors (Lipinski definition) is 6. The van der Waals surface area contributed by atoms with E-state index in [1.54, 1.807) is 0 Å². The number of rotatable bonds is 6. The molecule has 2 atom stereocenters. The molecule has 0 spiro atoms. The second-order valence-electron chi connectivity index (χ2n) is 6.18. The highest BCUT2D eigenvalue weighted by atomic mass is 35.5. The number of halogens is 4. The van der Waals surface area contributed by atoms with Gasteiger partial charge in [-0.1, -0.05) is 23.4 Å². The molecule has 1 saturated heterocycles. The zero-order chi connectivity index (χ0) is 21.0. The van der Waals surface area contributed by atoms with Crippen LogP contribution < -0.4 is 10.1 Å². The first-order valence-electron chi connectivity index (χ1n) is 8.61. The minimum absolute atomic E-state index is 0.0903. The summed E-state index contributed by atoms with van der Waals surface area (Å²) in [6, 6.07) is 4.89. The smallest absolute Gasteiger partial charge is 0.429 e. The summed E-state index contributed by atoms with van der Waals surface area (Å²) in [4.78, 5) is 30.3. The van der Waals surface area contributed by atoms with Crippen molar-refractivity contribution in [2.24, 2.45) is 4.99 Å². The van der Waals surface area contributed by atoms with Crippen LogP contribution in [0.1, 0.15) is 6.42 Å². The second-order valence-corrected chi connectivity index (χ2v) is 7.73. The van der Waals surface area contributed by atoms with Crippen LogP contribution in [0.5, 0.6) is 5.75 Å². The Morgan fingerprint density at radius 1 is 1.38 bits per heavy atom. The van der Waals surface area contributed by atoms with Crippen molar-refractivity contribution in [1.82, 2.24) is 4.90 Å². The number of nitrogens with zero attached hydrogens (tertiary/aromatic N) is 2. The van der Waals surface area contributed by atoms with Crippen LogP contribution in [0.3, 0.4) is 0 Å². The van der Waals surface area contributed by atoms with Gasteiger partial charge < -0.3 is 19.7 Å². The molecule has 1 aromatic carbocycles. The molecule has 2 heterocycles. The van der Waals surface area contributed by atoms with Crippen LogP contribution in [0.15, 0.2) is 29.3 Å². The largest absolute Gasteiger partial charge is 0.444 e. The zero-order valence-corrected chi connectivity index (χ0v) is 16.5. The number of nitrogens with one attached hydrogen (secondary N) is 1. The van der Waals surface area contributed by atoms with Gasteiger partial charge in [-0.2, -0.15) is 13.8 Å². The number of anilines is 1. The number of carbonyl (C=O) groups is 2. The Bertz CT molecular complexity index is 789. The summed E-state index contributed by atoms with van der Waals surface area (Å²) in [6.07, 6.45) is -4.27. The van der Waals surface area contributed by atoms with Gasteiger partial charge in [0.1, 0.15) is 11.0 Å². The number of ether oxygens (including phenoxy) is 2. The first-order valence-corrected chi connectivity index (χ1v) is 9.93. The Morgan fingerprint density at radius 3 is 2.66 bits per heavy atom. The molecular formula is C17H17ClF3N3O4S. The third-order valence-corrected chi connectivity index (χ3v) is 5.49. The number of hydrogen-bond donors (Lipinski definition) is 1. The van der Waals surface area contributed by atoms with Crippen LogP contribution in [-0.4, -0.2) is 65.2 Å². The summed E-state index contributed by atoms with van der Waals surface area (Å²) in [6.45, 7) is 2.39. The third kappa shape index (κ3) is 5.77. The second kappa shape index (κ2) is 9.23. The van der Waals surface area contributed by atoms with E-state index in [2.05, 4.69) is 15.0 Å². The van der Waals surface area contributed by atoms with Gasteiger partial charge in [-0.25, -0.2) is 4.39 Å². The van der Waals surface area contributed by atoms with Crippen molar-refractivity contribution < 1.29 is 32.2 Å². The van der Waals surface area contributed by atoms with Gasteiger partial charge in [-0.05, 0) is 24.3 Å². The minimum Gasteiger partial charge on any atom is -0.429 e. The summed E-state index contributed by atoms with van der Waals surface area (Å²) < 4.78 is 48.3. The summed E-state index contributed by atoms with van der Waals surface area (Å²) in [5.74, 6) is -1.13. The Balaban J connectivity index is 1.50. The molecule has 0 bridgehead atoms. The van der Waals surface area contributed by atoms with Crippen LogP contribution >= 0.6 is 23.4 Å². The monoisotopic (exact) mass is 451 g/mol. The molecule has 0 saturated carbocycles. The van der Waals surface area contributed by atoms with Crippen molar-refractivity contribution in [3.8, 4) is 5.75 Å². The number of carbonyl (C=O) groups excluding carboxylic acids is 2. The van der Waals surface area contributed by atoms with Crippen molar-refractivity contribution in [2.45, 2.75) is 23.4 Å². The summed E-state index contributed by atoms with van der Waals surface area (Å²) in [7, 11) is 0. The summed E-state index contributed by atoms with van der Waals surface area (Å²) in [5.41, 5.74) is -2.69. The highest BCUT2D eigenvalue weighted by molar-refractivity contribution is 8.15. The van der Waals surface area contributed by atoms with E-state index in [0.717, 1.165) is 12.1 Å². The molecule has 0 aromatic heterocycles. The minimum atomic E-state index is -4.18. The van der Waals surface area contributed by atoms with Crippen molar-refractivity contribution in [1.29, 1.82) is 0 Å². The number of amidine groups is 1. The molecule has 2 aliphatic heterocycles. The van der Waals surface area contributed by atoms with Gasteiger partial charge in [0, 0.05) is 25.2 Å². The number of morpholine rings is 1. The van der Waals surface area contributed by atoms with E-state index in [-0.39, 0.29) is 18.1 Å². The van der Waals surface area contributed by atoms with Gasteiger partial charge in [0.25, 0.3) is 11.5 Å². The van der Waals surface area contributed by atoms with Gasteiger partial charge in [0.05, 0.1) is 13.2 Å². The average molecular weight is 452 g/mol. The van der Waals surface area contributed by atoms with Gasteiger partial charge in [0.2, 0.25) is 5.91 Å². The Kier molecular flexibility index (Phi) is 6.91. The van der Waals surface area contributed by atoms with E-state index in [9.17, 15) is 22.8 Å². The third-order valence-electron chi connectivity index (χ3n) is 4.03. The van der Waals surface area contributed by atoms with E-state index < -0.39 is 22.9 Å². The highest BCUT2D eigenvalue weighted by Crippen LogP contribution is 2.30. The normalized spacial score (nSPS) is 21.0. The Hall–Kier alpha value is -1.98. The highest BCUT2D eigenvalue weighted by Gasteiger charge is 2.42. The van der Waals surface area contributed by atoms with Crippen molar-refractivity contribution >= 4 is 46.0 Å². The lowest BCUT2D eigenvalue weighted by molar-refractivity contribution is -0.199. The quantitative estimate of drug-likeness (QED) is 0.670. The molecule has 158 valence electrons. The molecule has 2 unspecified atom stereocenters. The molecule has 0 radical (unpaired) electrons. The molecule has 1 N–H and O–H groups in total. The van der Waals surface area contributed by atoms with Gasteiger partial charge in [0.15, 0.2) is 5.17 Å². The maximum absolute atomic E-state index is 13.1. The van der Waals surface area contributed by atoms with Gasteiger partial charge >= 0.3 is 6.11 Å². The van der Waals surface area contributed by atoms with Crippen LogP contribution in [0.4, 0.5) is 18.9 Å². The van der Waals surface area contributed by atoms with Crippen molar-refractivity contribution in [3.63, 3.8) is 0 Å². The molecule has 1 aromatic rings. The number of amides is 2. The predicted octanol–water partition coefficient (Wildman–Crippen LogP) is 2.85. The van der Waals surface area contributed by atoms with Crippen LogP contribution in [0.25, 0.3) is 0 Å². The molecule has 12 heteroatoms.